The molecular weight excluding hydrogens is 310 g/mol. The van der Waals surface area contributed by atoms with E-state index in [1.165, 1.54) is 26.8 Å². The molecule has 0 fully saturated rings. The van der Waals surface area contributed by atoms with Crippen LogP contribution >= 0.6 is 11.3 Å². The first-order chi connectivity index (χ1) is 11.9. The Kier molecular flexibility index (Phi) is 4.22. The predicted molar refractivity (Wildman–Crippen MR) is 104 cm³/mol. The molecule has 0 amide bonds. The Balaban J connectivity index is 1.74. The van der Waals surface area contributed by atoms with Crippen LogP contribution < -0.4 is 0 Å². The molecule has 0 aliphatic heterocycles. The standard InChI is InChI=1S/C22H17NS/c1-3-9-17(10-4-1)22(18-11-5-2-6-12-18)23-15-19-16-24-21-14-8-7-13-20(19)21/h1-16,22H/b23-15+. The van der Waals surface area contributed by atoms with Gasteiger partial charge in [-0.3, -0.25) is 4.99 Å². The minimum absolute atomic E-state index is 0.0195. The van der Waals surface area contributed by atoms with Gasteiger partial charge in [0.15, 0.2) is 0 Å². The maximum atomic E-state index is 4.94. The zero-order valence-corrected chi connectivity index (χ0v) is 14.0. The topological polar surface area (TPSA) is 12.4 Å². The fraction of sp³-hybridized carbons (Fsp3) is 0.0455. The Morgan fingerprint density at radius 3 is 1.96 bits per heavy atom. The molecule has 0 radical (unpaired) electrons. The minimum Gasteiger partial charge on any atom is -0.280 e. The smallest absolute Gasteiger partial charge is 0.0999 e. The Morgan fingerprint density at radius 2 is 1.29 bits per heavy atom. The SMILES string of the molecule is C(=N\C(c1ccccc1)c1ccccc1)/c1csc2ccccc12. The largest absolute Gasteiger partial charge is 0.280 e. The molecular formula is C22H17NS. The van der Waals surface area contributed by atoms with Crippen molar-refractivity contribution in [1.82, 2.24) is 0 Å². The van der Waals surface area contributed by atoms with E-state index in [2.05, 4.69) is 78.2 Å². The fourth-order valence-electron chi connectivity index (χ4n) is 2.89. The van der Waals surface area contributed by atoms with E-state index in [1.54, 1.807) is 11.3 Å². The summed E-state index contributed by atoms with van der Waals surface area (Å²) >= 11 is 1.77. The summed E-state index contributed by atoms with van der Waals surface area (Å²) in [5.74, 6) is 0. The number of aliphatic imine (C=N–C) groups is 1. The summed E-state index contributed by atoms with van der Waals surface area (Å²) in [6.07, 6.45) is 2.02. The van der Waals surface area contributed by atoms with Gasteiger partial charge < -0.3 is 0 Å². The molecule has 0 saturated carbocycles. The van der Waals surface area contributed by atoms with Crippen molar-refractivity contribution < 1.29 is 0 Å². The van der Waals surface area contributed by atoms with Gasteiger partial charge in [0, 0.05) is 27.2 Å². The third-order valence-electron chi connectivity index (χ3n) is 4.10. The third kappa shape index (κ3) is 3.01. The average molecular weight is 327 g/mol. The predicted octanol–water partition coefficient (Wildman–Crippen LogP) is 6.11. The van der Waals surface area contributed by atoms with Crippen molar-refractivity contribution in [3.8, 4) is 0 Å². The number of hydrogen-bond acceptors (Lipinski definition) is 2. The van der Waals surface area contributed by atoms with Crippen LogP contribution in [0, 0.1) is 0 Å². The highest BCUT2D eigenvalue weighted by Gasteiger charge is 2.11. The van der Waals surface area contributed by atoms with E-state index in [0.29, 0.717) is 0 Å². The van der Waals surface area contributed by atoms with E-state index >= 15 is 0 Å². The molecule has 0 aliphatic rings. The molecule has 116 valence electrons. The van der Waals surface area contributed by atoms with Crippen molar-refractivity contribution in [2.24, 2.45) is 4.99 Å². The molecule has 0 unspecified atom stereocenters. The van der Waals surface area contributed by atoms with Gasteiger partial charge in [0.25, 0.3) is 0 Å². The molecule has 4 aromatic rings. The van der Waals surface area contributed by atoms with Gasteiger partial charge >= 0.3 is 0 Å². The summed E-state index contributed by atoms with van der Waals surface area (Å²) in [4.78, 5) is 4.94. The van der Waals surface area contributed by atoms with Gasteiger partial charge in [-0.15, -0.1) is 11.3 Å². The lowest BCUT2D eigenvalue weighted by Crippen LogP contribution is -1.98. The van der Waals surface area contributed by atoms with E-state index < -0.39 is 0 Å². The molecule has 0 bridgehead atoms. The number of nitrogens with zero attached hydrogens (tertiary/aromatic N) is 1. The second-order valence-corrected chi connectivity index (χ2v) is 6.60. The van der Waals surface area contributed by atoms with Gasteiger partial charge in [0.1, 0.15) is 0 Å². The molecule has 0 atom stereocenters. The summed E-state index contributed by atoms with van der Waals surface area (Å²) in [7, 11) is 0. The number of rotatable bonds is 4. The van der Waals surface area contributed by atoms with Crippen LogP contribution in [-0.4, -0.2) is 6.21 Å². The van der Waals surface area contributed by atoms with Crippen molar-refractivity contribution in [3.63, 3.8) is 0 Å². The van der Waals surface area contributed by atoms with Gasteiger partial charge in [-0.05, 0) is 17.2 Å². The summed E-state index contributed by atoms with van der Waals surface area (Å²) in [5.41, 5.74) is 3.60. The first-order valence-electron chi connectivity index (χ1n) is 8.01. The van der Waals surface area contributed by atoms with E-state index in [9.17, 15) is 0 Å². The highest BCUT2D eigenvalue weighted by Crippen LogP contribution is 2.28. The zero-order valence-electron chi connectivity index (χ0n) is 13.2. The molecule has 2 heteroatoms. The van der Waals surface area contributed by atoms with E-state index in [4.69, 9.17) is 4.99 Å². The van der Waals surface area contributed by atoms with E-state index in [1.807, 2.05) is 18.3 Å². The summed E-state index contributed by atoms with van der Waals surface area (Å²) in [6, 6.07) is 29.4. The van der Waals surface area contributed by atoms with Crippen molar-refractivity contribution in [2.45, 2.75) is 6.04 Å². The van der Waals surface area contributed by atoms with Gasteiger partial charge in [-0.1, -0.05) is 78.9 Å². The van der Waals surface area contributed by atoms with Crippen LogP contribution in [0.4, 0.5) is 0 Å². The monoisotopic (exact) mass is 327 g/mol. The van der Waals surface area contributed by atoms with Crippen molar-refractivity contribution in [3.05, 3.63) is 107 Å². The third-order valence-corrected chi connectivity index (χ3v) is 5.09. The van der Waals surface area contributed by atoms with Crippen LogP contribution in [0.25, 0.3) is 10.1 Å². The Labute approximate surface area is 145 Å². The lowest BCUT2D eigenvalue weighted by Gasteiger charge is -2.13. The number of benzene rings is 3. The fourth-order valence-corrected chi connectivity index (χ4v) is 3.80. The Morgan fingerprint density at radius 1 is 0.708 bits per heavy atom. The van der Waals surface area contributed by atoms with Gasteiger partial charge in [0.05, 0.1) is 6.04 Å². The highest BCUT2D eigenvalue weighted by molar-refractivity contribution is 7.17. The van der Waals surface area contributed by atoms with Gasteiger partial charge in [-0.2, -0.15) is 0 Å². The molecule has 0 saturated heterocycles. The van der Waals surface area contributed by atoms with Gasteiger partial charge in [-0.25, -0.2) is 0 Å². The first kappa shape index (κ1) is 14.9. The zero-order chi connectivity index (χ0) is 16.2. The van der Waals surface area contributed by atoms with Crippen LogP contribution in [0.1, 0.15) is 22.7 Å². The average Bonchev–Trinajstić information content (AvgIpc) is 3.07. The molecule has 24 heavy (non-hydrogen) atoms. The summed E-state index contributed by atoms with van der Waals surface area (Å²) in [5, 5.41) is 3.45. The minimum atomic E-state index is 0.0195. The highest BCUT2D eigenvalue weighted by atomic mass is 32.1. The molecule has 0 aliphatic carbocycles. The van der Waals surface area contributed by atoms with Gasteiger partial charge in [0.2, 0.25) is 0 Å². The first-order valence-corrected chi connectivity index (χ1v) is 8.89. The lowest BCUT2D eigenvalue weighted by atomic mass is 9.99. The molecule has 0 spiro atoms. The number of fused-ring (bicyclic) bond motifs is 1. The molecule has 1 heterocycles. The summed E-state index contributed by atoms with van der Waals surface area (Å²) < 4.78 is 1.30. The van der Waals surface area contributed by atoms with Crippen molar-refractivity contribution in [1.29, 1.82) is 0 Å². The number of hydrogen-bond donors (Lipinski definition) is 0. The summed E-state index contributed by atoms with van der Waals surface area (Å²) in [6.45, 7) is 0. The van der Waals surface area contributed by atoms with E-state index in [0.717, 1.165) is 0 Å². The maximum absolute atomic E-state index is 4.94. The van der Waals surface area contributed by atoms with Crippen LogP contribution in [0.3, 0.4) is 0 Å². The van der Waals surface area contributed by atoms with Crippen LogP contribution in [0.2, 0.25) is 0 Å². The Hall–Kier alpha value is -2.71. The van der Waals surface area contributed by atoms with Crippen molar-refractivity contribution in [2.75, 3.05) is 0 Å². The van der Waals surface area contributed by atoms with Crippen LogP contribution in [-0.2, 0) is 0 Å². The molecule has 0 N–H and O–H groups in total. The lowest BCUT2D eigenvalue weighted by molar-refractivity contribution is 0.878. The Bertz CT molecular complexity index is 915. The van der Waals surface area contributed by atoms with Crippen LogP contribution in [0.5, 0.6) is 0 Å². The molecule has 4 rings (SSSR count). The second-order valence-electron chi connectivity index (χ2n) is 5.69. The normalized spacial score (nSPS) is 11.5. The number of thiophene rings is 1. The van der Waals surface area contributed by atoms with Crippen molar-refractivity contribution >= 4 is 27.6 Å². The molecule has 3 aromatic carbocycles. The second kappa shape index (κ2) is 6.81. The van der Waals surface area contributed by atoms with Crippen LogP contribution in [0.15, 0.2) is 95.3 Å². The maximum Gasteiger partial charge on any atom is 0.0999 e. The molecule has 1 nitrogen and oxygen atoms in total. The quantitative estimate of drug-likeness (QED) is 0.401. The molecule has 1 aromatic heterocycles. The van der Waals surface area contributed by atoms with E-state index in [-0.39, 0.29) is 6.04 Å².